The van der Waals surface area contributed by atoms with Gasteiger partial charge in [-0.2, -0.15) is 0 Å². The first-order valence-electron chi connectivity index (χ1n) is 7.44. The number of hydrogen-bond donors (Lipinski definition) is 2. The zero-order chi connectivity index (χ0) is 14.1. The van der Waals surface area contributed by atoms with Crippen LogP contribution < -0.4 is 5.32 Å². The van der Waals surface area contributed by atoms with Gasteiger partial charge >= 0.3 is 0 Å². The smallest absolute Gasteiger partial charge is 0.150 e. The van der Waals surface area contributed by atoms with Crippen molar-refractivity contribution in [1.29, 1.82) is 0 Å². The fourth-order valence-corrected chi connectivity index (χ4v) is 5.13. The maximum Gasteiger partial charge on any atom is 0.150 e. The molecule has 19 heavy (non-hydrogen) atoms. The second-order valence-electron chi connectivity index (χ2n) is 6.87. The molecule has 2 fully saturated rings. The highest BCUT2D eigenvalue weighted by atomic mass is 32.2. The van der Waals surface area contributed by atoms with E-state index in [2.05, 4.69) is 19.2 Å². The molecule has 2 atom stereocenters. The molecule has 0 unspecified atom stereocenters. The monoisotopic (exact) mass is 289 g/mol. The summed E-state index contributed by atoms with van der Waals surface area (Å²) >= 11 is 0. The Kier molecular flexibility index (Phi) is 4.58. The van der Waals surface area contributed by atoms with Gasteiger partial charge in [-0.15, -0.1) is 0 Å². The molecular formula is C14H27NO3S. The van der Waals surface area contributed by atoms with Gasteiger partial charge < -0.3 is 10.4 Å². The standard InChI is InChI=1S/C14H27NO3S/c1-11-7-12(2)9-13(8-11)15-10-14(16)3-5-19(17,18)6-4-14/h11-13,15-16H,3-10H2,1-2H3/t11-,12-/m0/s1. The van der Waals surface area contributed by atoms with Gasteiger partial charge in [-0.1, -0.05) is 13.8 Å². The Morgan fingerprint density at radius 1 is 1.11 bits per heavy atom. The molecule has 2 rings (SSSR count). The minimum absolute atomic E-state index is 0.128. The molecule has 1 saturated carbocycles. The molecule has 0 aromatic rings. The second kappa shape index (κ2) is 5.70. The summed E-state index contributed by atoms with van der Waals surface area (Å²) in [6.07, 6.45) is 4.37. The quantitative estimate of drug-likeness (QED) is 0.823. The molecule has 1 aliphatic heterocycles. The number of aliphatic hydroxyl groups is 1. The van der Waals surface area contributed by atoms with E-state index < -0.39 is 15.4 Å². The highest BCUT2D eigenvalue weighted by Gasteiger charge is 2.36. The molecule has 112 valence electrons. The fourth-order valence-electron chi connectivity index (χ4n) is 3.54. The average molecular weight is 289 g/mol. The molecule has 0 bridgehead atoms. The van der Waals surface area contributed by atoms with Gasteiger partial charge in [0, 0.05) is 12.6 Å². The minimum Gasteiger partial charge on any atom is -0.388 e. The van der Waals surface area contributed by atoms with Crippen LogP contribution in [0, 0.1) is 11.8 Å². The topological polar surface area (TPSA) is 66.4 Å². The van der Waals surface area contributed by atoms with Crippen LogP contribution >= 0.6 is 0 Å². The summed E-state index contributed by atoms with van der Waals surface area (Å²) < 4.78 is 22.8. The van der Waals surface area contributed by atoms with E-state index in [1.54, 1.807) is 0 Å². The third-order valence-corrected chi connectivity index (χ3v) is 6.31. The lowest BCUT2D eigenvalue weighted by molar-refractivity contribution is 0.0249. The van der Waals surface area contributed by atoms with Crippen molar-refractivity contribution in [1.82, 2.24) is 5.32 Å². The van der Waals surface area contributed by atoms with Crippen molar-refractivity contribution >= 4 is 9.84 Å². The van der Waals surface area contributed by atoms with Gasteiger partial charge in [0.05, 0.1) is 17.1 Å². The van der Waals surface area contributed by atoms with Gasteiger partial charge in [0.25, 0.3) is 0 Å². The summed E-state index contributed by atoms with van der Waals surface area (Å²) in [4.78, 5) is 0. The predicted octanol–water partition coefficient (Wildman–Crippen LogP) is 1.34. The van der Waals surface area contributed by atoms with Gasteiger partial charge in [-0.05, 0) is 43.9 Å². The highest BCUT2D eigenvalue weighted by molar-refractivity contribution is 7.91. The summed E-state index contributed by atoms with van der Waals surface area (Å²) in [7, 11) is -2.90. The lowest BCUT2D eigenvalue weighted by Crippen LogP contribution is -2.50. The molecule has 1 aliphatic carbocycles. The summed E-state index contributed by atoms with van der Waals surface area (Å²) in [6.45, 7) is 5.10. The van der Waals surface area contributed by atoms with Crippen molar-refractivity contribution in [2.24, 2.45) is 11.8 Å². The van der Waals surface area contributed by atoms with Gasteiger partial charge in [0.1, 0.15) is 0 Å². The summed E-state index contributed by atoms with van der Waals surface area (Å²) in [5.41, 5.74) is -0.824. The van der Waals surface area contributed by atoms with Crippen LogP contribution in [0.25, 0.3) is 0 Å². The molecule has 4 nitrogen and oxygen atoms in total. The largest absolute Gasteiger partial charge is 0.388 e. The molecule has 0 spiro atoms. The maximum absolute atomic E-state index is 11.4. The zero-order valence-corrected chi connectivity index (χ0v) is 12.9. The first-order chi connectivity index (χ1) is 8.78. The third kappa shape index (κ3) is 4.43. The summed E-state index contributed by atoms with van der Waals surface area (Å²) in [5, 5.41) is 13.9. The van der Waals surface area contributed by atoms with Crippen LogP contribution in [0.4, 0.5) is 0 Å². The Hall–Kier alpha value is -0.130. The van der Waals surface area contributed by atoms with Crippen molar-refractivity contribution in [3.05, 3.63) is 0 Å². The van der Waals surface area contributed by atoms with Crippen LogP contribution in [0.15, 0.2) is 0 Å². The van der Waals surface area contributed by atoms with Crippen molar-refractivity contribution in [3.63, 3.8) is 0 Å². The molecule has 1 heterocycles. The van der Waals surface area contributed by atoms with Gasteiger partial charge in [0.15, 0.2) is 9.84 Å². The Labute approximate surface area is 116 Å². The number of hydrogen-bond acceptors (Lipinski definition) is 4. The highest BCUT2D eigenvalue weighted by Crippen LogP contribution is 2.29. The summed E-state index contributed by atoms with van der Waals surface area (Å²) in [5.74, 6) is 1.73. The van der Waals surface area contributed by atoms with E-state index in [4.69, 9.17) is 0 Å². The lowest BCUT2D eigenvalue weighted by Gasteiger charge is -2.37. The molecule has 2 aliphatic rings. The van der Waals surface area contributed by atoms with E-state index in [1.807, 2.05) is 0 Å². The van der Waals surface area contributed by atoms with Gasteiger partial charge in [0.2, 0.25) is 0 Å². The van der Waals surface area contributed by atoms with Crippen LogP contribution in [-0.2, 0) is 9.84 Å². The molecule has 2 N–H and O–H groups in total. The molecular weight excluding hydrogens is 262 g/mol. The number of sulfone groups is 1. The fraction of sp³-hybridized carbons (Fsp3) is 1.00. The predicted molar refractivity (Wildman–Crippen MR) is 76.8 cm³/mol. The van der Waals surface area contributed by atoms with Crippen molar-refractivity contribution < 1.29 is 13.5 Å². The SMILES string of the molecule is C[C@@H]1CC(NCC2(O)CCS(=O)(=O)CC2)C[C@@H](C)C1. The number of nitrogens with one attached hydrogen (secondary N) is 1. The van der Waals surface area contributed by atoms with Crippen LogP contribution in [0.3, 0.4) is 0 Å². The second-order valence-corrected chi connectivity index (χ2v) is 9.18. The molecule has 1 saturated heterocycles. The minimum atomic E-state index is -2.90. The van der Waals surface area contributed by atoms with Crippen LogP contribution in [0.1, 0.15) is 46.0 Å². The van der Waals surface area contributed by atoms with E-state index in [1.165, 1.54) is 19.3 Å². The van der Waals surface area contributed by atoms with Gasteiger partial charge in [-0.25, -0.2) is 8.42 Å². The Balaban J connectivity index is 1.82. The van der Waals surface area contributed by atoms with Crippen molar-refractivity contribution in [2.45, 2.75) is 57.6 Å². The summed E-state index contributed by atoms with van der Waals surface area (Å²) in [6, 6.07) is 0.473. The Morgan fingerprint density at radius 2 is 1.63 bits per heavy atom. The Morgan fingerprint density at radius 3 is 2.16 bits per heavy atom. The van der Waals surface area contributed by atoms with Crippen LogP contribution in [0.2, 0.25) is 0 Å². The van der Waals surface area contributed by atoms with Crippen molar-refractivity contribution in [2.75, 3.05) is 18.1 Å². The molecule has 0 aromatic carbocycles. The molecule has 0 amide bonds. The van der Waals surface area contributed by atoms with E-state index in [0.29, 0.717) is 25.4 Å². The Bertz CT molecular complexity index is 383. The first kappa shape index (κ1) is 15.3. The third-order valence-electron chi connectivity index (χ3n) is 4.66. The first-order valence-corrected chi connectivity index (χ1v) is 9.26. The maximum atomic E-state index is 11.4. The zero-order valence-electron chi connectivity index (χ0n) is 12.1. The lowest BCUT2D eigenvalue weighted by atomic mass is 9.80. The van der Waals surface area contributed by atoms with Gasteiger partial charge in [-0.3, -0.25) is 0 Å². The van der Waals surface area contributed by atoms with Crippen LogP contribution in [-0.4, -0.2) is 43.2 Å². The normalized spacial score (nSPS) is 37.9. The number of rotatable bonds is 3. The molecule has 0 aromatic heterocycles. The van der Waals surface area contributed by atoms with Crippen molar-refractivity contribution in [3.8, 4) is 0 Å². The van der Waals surface area contributed by atoms with E-state index in [0.717, 1.165) is 11.8 Å². The van der Waals surface area contributed by atoms with Crippen LogP contribution in [0.5, 0.6) is 0 Å². The average Bonchev–Trinajstić information content (AvgIpc) is 2.30. The van der Waals surface area contributed by atoms with E-state index >= 15 is 0 Å². The molecule has 5 heteroatoms. The molecule has 0 radical (unpaired) electrons. The van der Waals surface area contributed by atoms with E-state index in [-0.39, 0.29) is 11.5 Å². The van der Waals surface area contributed by atoms with E-state index in [9.17, 15) is 13.5 Å².